The molecule has 2 aromatic rings. The first-order chi connectivity index (χ1) is 12.9. The van der Waals surface area contributed by atoms with E-state index >= 15 is 0 Å². The number of amides is 1. The molecule has 0 radical (unpaired) electrons. The summed E-state index contributed by atoms with van der Waals surface area (Å²) in [5, 5.41) is 0. The van der Waals surface area contributed by atoms with E-state index in [-0.39, 0.29) is 18.2 Å². The first-order valence-corrected chi connectivity index (χ1v) is 10.0. The van der Waals surface area contributed by atoms with Crippen LogP contribution in [-0.2, 0) is 17.6 Å². The Morgan fingerprint density at radius 1 is 0.889 bits per heavy atom. The van der Waals surface area contributed by atoms with E-state index in [9.17, 15) is 4.79 Å². The SMILES string of the molecule is CC(C)(C)OC(=O)N1C(Cc2ccccc2)CCCC1Cc1ccccc1. The zero-order chi connectivity index (χ0) is 19.3. The van der Waals surface area contributed by atoms with Crippen LogP contribution in [0.25, 0.3) is 0 Å². The Morgan fingerprint density at radius 2 is 1.33 bits per heavy atom. The van der Waals surface area contributed by atoms with Crippen LogP contribution in [0, 0.1) is 0 Å². The summed E-state index contributed by atoms with van der Waals surface area (Å²) in [5.74, 6) is 0. The molecule has 0 N–H and O–H groups in total. The molecule has 3 nitrogen and oxygen atoms in total. The lowest BCUT2D eigenvalue weighted by atomic mass is 9.89. The first-order valence-electron chi connectivity index (χ1n) is 10.0. The molecule has 1 aliphatic heterocycles. The number of likely N-dealkylation sites (tertiary alicyclic amines) is 1. The monoisotopic (exact) mass is 365 g/mol. The molecule has 1 saturated heterocycles. The lowest BCUT2D eigenvalue weighted by molar-refractivity contribution is -0.00534. The number of rotatable bonds is 4. The number of benzene rings is 2. The largest absolute Gasteiger partial charge is 0.444 e. The van der Waals surface area contributed by atoms with Crippen LogP contribution >= 0.6 is 0 Å². The van der Waals surface area contributed by atoms with Crippen LogP contribution in [0.15, 0.2) is 60.7 Å². The third-order valence-electron chi connectivity index (χ3n) is 5.09. The summed E-state index contributed by atoms with van der Waals surface area (Å²) in [7, 11) is 0. The van der Waals surface area contributed by atoms with Gasteiger partial charge in [-0.2, -0.15) is 0 Å². The van der Waals surface area contributed by atoms with Gasteiger partial charge in [-0.15, -0.1) is 0 Å². The van der Waals surface area contributed by atoms with E-state index in [1.807, 2.05) is 37.8 Å². The van der Waals surface area contributed by atoms with Crippen molar-refractivity contribution in [1.82, 2.24) is 4.90 Å². The zero-order valence-corrected chi connectivity index (χ0v) is 16.7. The Hall–Kier alpha value is -2.29. The van der Waals surface area contributed by atoms with Crippen LogP contribution in [0.2, 0.25) is 0 Å². The fraction of sp³-hybridized carbons (Fsp3) is 0.458. The fourth-order valence-corrected chi connectivity index (χ4v) is 3.95. The van der Waals surface area contributed by atoms with Crippen molar-refractivity contribution in [2.45, 2.75) is 70.6 Å². The molecule has 0 saturated carbocycles. The molecule has 144 valence electrons. The van der Waals surface area contributed by atoms with Crippen LogP contribution < -0.4 is 0 Å². The highest BCUT2D eigenvalue weighted by Crippen LogP contribution is 2.29. The van der Waals surface area contributed by atoms with Crippen LogP contribution in [0.5, 0.6) is 0 Å². The number of carbonyl (C=O) groups is 1. The van der Waals surface area contributed by atoms with Crippen molar-refractivity contribution in [3.8, 4) is 0 Å². The van der Waals surface area contributed by atoms with Gasteiger partial charge in [-0.3, -0.25) is 0 Å². The number of ether oxygens (including phenoxy) is 1. The zero-order valence-electron chi connectivity index (χ0n) is 16.7. The summed E-state index contributed by atoms with van der Waals surface area (Å²) >= 11 is 0. The van der Waals surface area contributed by atoms with E-state index in [0.717, 1.165) is 32.1 Å². The highest BCUT2D eigenvalue weighted by Gasteiger charge is 2.36. The standard InChI is InChI=1S/C24H31NO2/c1-24(2,3)27-23(26)25-21(17-19-11-6-4-7-12-19)15-10-16-22(25)18-20-13-8-5-9-14-20/h4-9,11-14,21-22H,10,15-18H2,1-3H3. The highest BCUT2D eigenvalue weighted by atomic mass is 16.6. The van der Waals surface area contributed by atoms with Gasteiger partial charge in [0.2, 0.25) is 0 Å². The Kier molecular flexibility index (Phi) is 6.20. The summed E-state index contributed by atoms with van der Waals surface area (Å²) in [4.78, 5) is 15.2. The second-order valence-electron chi connectivity index (χ2n) is 8.51. The lowest BCUT2D eigenvalue weighted by Gasteiger charge is -2.43. The second kappa shape index (κ2) is 8.60. The van der Waals surface area contributed by atoms with E-state index in [1.54, 1.807) is 0 Å². The molecule has 3 heteroatoms. The van der Waals surface area contributed by atoms with Gasteiger partial charge in [0.25, 0.3) is 0 Å². The van der Waals surface area contributed by atoms with E-state index < -0.39 is 5.60 Å². The number of nitrogens with zero attached hydrogens (tertiary/aromatic N) is 1. The minimum atomic E-state index is -0.483. The molecule has 1 fully saturated rings. The average molecular weight is 366 g/mol. The minimum absolute atomic E-state index is 0.177. The second-order valence-corrected chi connectivity index (χ2v) is 8.51. The van der Waals surface area contributed by atoms with Gasteiger partial charge < -0.3 is 9.64 Å². The molecule has 0 bridgehead atoms. The maximum absolute atomic E-state index is 13.1. The first kappa shape index (κ1) is 19.5. The van der Waals surface area contributed by atoms with Crippen LogP contribution in [0.4, 0.5) is 4.79 Å². The molecule has 3 rings (SSSR count). The predicted octanol–water partition coefficient (Wildman–Crippen LogP) is 5.63. The van der Waals surface area contributed by atoms with E-state index in [2.05, 4.69) is 48.5 Å². The van der Waals surface area contributed by atoms with Gasteiger partial charge >= 0.3 is 6.09 Å². The maximum atomic E-state index is 13.1. The summed E-state index contributed by atoms with van der Waals surface area (Å²) in [6.45, 7) is 5.81. The van der Waals surface area contributed by atoms with Crippen molar-refractivity contribution >= 4 is 6.09 Å². The molecule has 27 heavy (non-hydrogen) atoms. The number of hydrogen-bond acceptors (Lipinski definition) is 2. The summed E-state index contributed by atoms with van der Waals surface area (Å²) in [5.41, 5.74) is 2.07. The molecule has 2 atom stereocenters. The van der Waals surface area contributed by atoms with Gasteiger partial charge in [0.05, 0.1) is 0 Å². The van der Waals surface area contributed by atoms with Crippen LogP contribution in [-0.4, -0.2) is 28.7 Å². The van der Waals surface area contributed by atoms with Crippen LogP contribution in [0.3, 0.4) is 0 Å². The third kappa shape index (κ3) is 5.59. The lowest BCUT2D eigenvalue weighted by Crippen LogP contribution is -2.53. The highest BCUT2D eigenvalue weighted by molar-refractivity contribution is 5.69. The van der Waals surface area contributed by atoms with Gasteiger partial charge in [0.1, 0.15) is 5.60 Å². The Bertz CT molecular complexity index is 672. The predicted molar refractivity (Wildman–Crippen MR) is 110 cm³/mol. The summed E-state index contributed by atoms with van der Waals surface area (Å²) in [6.07, 6.45) is 4.79. The van der Waals surface area contributed by atoms with Crippen molar-refractivity contribution in [2.24, 2.45) is 0 Å². The molecular weight excluding hydrogens is 334 g/mol. The molecule has 1 heterocycles. The van der Waals surface area contributed by atoms with Gasteiger partial charge in [0.15, 0.2) is 0 Å². The van der Waals surface area contributed by atoms with E-state index in [1.165, 1.54) is 11.1 Å². The number of hydrogen-bond donors (Lipinski definition) is 0. The Morgan fingerprint density at radius 3 is 1.74 bits per heavy atom. The quantitative estimate of drug-likeness (QED) is 0.703. The number of piperidine rings is 1. The molecule has 0 spiro atoms. The molecule has 2 unspecified atom stereocenters. The van der Waals surface area contributed by atoms with Crippen molar-refractivity contribution in [3.05, 3.63) is 71.8 Å². The molecule has 0 aliphatic carbocycles. The minimum Gasteiger partial charge on any atom is -0.444 e. The van der Waals surface area contributed by atoms with E-state index in [0.29, 0.717) is 0 Å². The average Bonchev–Trinajstić information content (AvgIpc) is 2.62. The summed E-state index contributed by atoms with van der Waals surface area (Å²) < 4.78 is 5.80. The van der Waals surface area contributed by atoms with Crippen LogP contribution in [0.1, 0.15) is 51.2 Å². The van der Waals surface area contributed by atoms with Crippen molar-refractivity contribution in [3.63, 3.8) is 0 Å². The molecule has 1 amide bonds. The van der Waals surface area contributed by atoms with Gasteiger partial charge in [0, 0.05) is 12.1 Å². The number of carbonyl (C=O) groups excluding carboxylic acids is 1. The fourth-order valence-electron chi connectivity index (χ4n) is 3.95. The molecular formula is C24H31NO2. The Balaban J connectivity index is 1.83. The normalized spacial score (nSPS) is 20.3. The molecule has 2 aromatic carbocycles. The van der Waals surface area contributed by atoms with Crippen molar-refractivity contribution in [1.29, 1.82) is 0 Å². The van der Waals surface area contributed by atoms with Crippen molar-refractivity contribution < 1.29 is 9.53 Å². The molecule has 1 aliphatic rings. The maximum Gasteiger partial charge on any atom is 0.410 e. The topological polar surface area (TPSA) is 29.5 Å². The van der Waals surface area contributed by atoms with Gasteiger partial charge in [-0.1, -0.05) is 60.7 Å². The summed E-state index contributed by atoms with van der Waals surface area (Å²) in [6, 6.07) is 21.3. The Labute approximate surface area is 163 Å². The molecule has 0 aromatic heterocycles. The van der Waals surface area contributed by atoms with E-state index in [4.69, 9.17) is 4.74 Å². The van der Waals surface area contributed by atoms with Crippen molar-refractivity contribution in [2.75, 3.05) is 0 Å². The third-order valence-corrected chi connectivity index (χ3v) is 5.09. The van der Waals surface area contributed by atoms with Gasteiger partial charge in [-0.25, -0.2) is 4.79 Å². The van der Waals surface area contributed by atoms with Gasteiger partial charge in [-0.05, 0) is 64.0 Å². The smallest absolute Gasteiger partial charge is 0.410 e.